The zero-order valence-corrected chi connectivity index (χ0v) is 41.8. The maximum atomic E-state index is 13.2. The second kappa shape index (κ2) is 20.3. The zero-order valence-electron chi connectivity index (χ0n) is 36.1. The monoisotopic (exact) mass is 1140 g/mol. The molecule has 2 aromatic heterocycles. The maximum Gasteiger partial charge on any atom is 0.298 e. The SMILES string of the molecule is Cc1cc(N=Nc2ccc3c(S(=O)(=O)O)c(N=Nc4c[nH]n(-c5cc(S(=O)(=O)O)cc(S(=O)(=O)O)c5)c4=O)ccc3c2O)c(OCCCS(=O)(=O)O)cc1N=Nc1nc2c(S(=O)(=O)O)cc(CS(=O)[O-])cc2s1. The van der Waals surface area contributed by atoms with Gasteiger partial charge in [0.2, 0.25) is 5.13 Å². The second-order valence-corrected chi connectivity index (χ2v) is 24.0. The van der Waals surface area contributed by atoms with E-state index in [2.05, 4.69) is 40.8 Å². The first-order valence-corrected chi connectivity index (χ1v) is 28.9. The number of aromatic amines is 1. The van der Waals surface area contributed by atoms with E-state index in [0.29, 0.717) is 28.4 Å². The van der Waals surface area contributed by atoms with Crippen LogP contribution in [-0.2, 0) is 67.4 Å². The third-order valence-corrected chi connectivity index (χ3v) is 15.5. The fourth-order valence-corrected chi connectivity index (χ4v) is 11.1. The van der Waals surface area contributed by atoms with Crippen molar-refractivity contribution in [3.05, 3.63) is 94.4 Å². The van der Waals surface area contributed by atoms with Crippen LogP contribution in [0.25, 0.3) is 26.7 Å². The number of fused-ring (bicyclic) bond motifs is 2. The highest BCUT2D eigenvalue weighted by Gasteiger charge is 2.25. The number of nitrogens with zero attached hydrogens (tertiary/aromatic N) is 8. The van der Waals surface area contributed by atoms with Crippen molar-refractivity contribution < 1.29 is 83.5 Å². The summed E-state index contributed by atoms with van der Waals surface area (Å²) < 4.78 is 197. The zero-order chi connectivity index (χ0) is 53.6. The second-order valence-electron chi connectivity index (χ2n) is 14.9. The number of phenolic OH excluding ortho intramolecular Hbond substituents is 1. The van der Waals surface area contributed by atoms with E-state index < -0.39 is 121 Å². The minimum Gasteiger partial charge on any atom is -0.772 e. The summed E-state index contributed by atoms with van der Waals surface area (Å²) in [7, 11) is -24.6. The highest BCUT2D eigenvalue weighted by atomic mass is 32.2. The van der Waals surface area contributed by atoms with Crippen LogP contribution in [0.4, 0.5) is 33.6 Å². The maximum absolute atomic E-state index is 13.2. The lowest BCUT2D eigenvalue weighted by molar-refractivity contribution is 0.317. The number of nitrogens with one attached hydrogen (secondary N) is 1. The molecule has 7 rings (SSSR count). The Labute approximate surface area is 416 Å². The van der Waals surface area contributed by atoms with Gasteiger partial charge in [-0.3, -0.25) is 36.9 Å². The van der Waals surface area contributed by atoms with E-state index in [4.69, 9.17) is 4.74 Å². The number of hydrogen-bond acceptors (Lipinski definition) is 23. The Morgan fingerprint density at radius 2 is 1.32 bits per heavy atom. The van der Waals surface area contributed by atoms with Gasteiger partial charge in [0.1, 0.15) is 38.1 Å². The fourth-order valence-electron chi connectivity index (χ4n) is 6.58. The molecule has 0 saturated carbocycles. The van der Waals surface area contributed by atoms with Crippen LogP contribution in [0.2, 0.25) is 0 Å². The standard InChI is InChI=1S/C37H31N9O20S7/c1-18-9-28(30(66-7-2-8-69(51,52)53)15-27(18)42-45-37-39-33-31(67-37)10-19(17-68(49)50)11-32(33)72(60,61)62)43-40-25-5-4-24-23(34(25)47)3-6-26(35(24)73(63,64)65)41-44-29-16-38-46(36(29)48)20-12-21(70(54,55)56)14-22(13-20)71(57,58)59/h3-6,9-16,38,47H,2,7-8,17H2,1H3,(H,49,50)(H,51,52,53)(H,54,55,56)(H,57,58,59)(H,60,61,62)(H,63,64,65)/p-1. The molecule has 73 heavy (non-hydrogen) atoms. The van der Waals surface area contributed by atoms with Gasteiger partial charge in [0, 0.05) is 22.6 Å². The molecule has 36 heteroatoms. The minimum atomic E-state index is -5.23. The molecule has 1 atom stereocenters. The summed E-state index contributed by atoms with van der Waals surface area (Å²) in [6.45, 7) is 1.22. The third-order valence-electron chi connectivity index (χ3n) is 9.74. The minimum absolute atomic E-state index is 0.0372. The molecule has 0 aliphatic rings. The van der Waals surface area contributed by atoms with Gasteiger partial charge in [-0.15, -0.1) is 30.7 Å². The van der Waals surface area contributed by atoms with Gasteiger partial charge in [-0.2, -0.15) is 42.1 Å². The Bertz CT molecular complexity index is 4140. The van der Waals surface area contributed by atoms with E-state index >= 15 is 0 Å². The molecule has 7 aromatic rings. The Morgan fingerprint density at radius 1 is 0.712 bits per heavy atom. The summed E-state index contributed by atoms with van der Waals surface area (Å²) in [6, 6.07) is 11.0. The molecular formula is C37H30N9O20S7-. The van der Waals surface area contributed by atoms with Gasteiger partial charge in [-0.05, 0) is 79.1 Å². The van der Waals surface area contributed by atoms with Crippen LogP contribution in [-0.4, -0.2) is 106 Å². The van der Waals surface area contributed by atoms with E-state index in [1.54, 1.807) is 0 Å². The van der Waals surface area contributed by atoms with E-state index in [0.717, 1.165) is 47.9 Å². The largest absolute Gasteiger partial charge is 0.772 e. The van der Waals surface area contributed by atoms with Crippen molar-refractivity contribution in [2.75, 3.05) is 12.4 Å². The average molecular weight is 1150 g/mol. The molecule has 5 aromatic carbocycles. The highest BCUT2D eigenvalue weighted by molar-refractivity contribution is 7.87. The molecule has 0 aliphatic carbocycles. The topological polar surface area (TPSA) is 466 Å². The van der Waals surface area contributed by atoms with Gasteiger partial charge in [0.15, 0.2) is 11.4 Å². The van der Waals surface area contributed by atoms with Crippen LogP contribution in [0.15, 0.2) is 128 Å². The summed E-state index contributed by atoms with van der Waals surface area (Å²) in [5, 5.41) is 36.8. The van der Waals surface area contributed by atoms with Gasteiger partial charge >= 0.3 is 0 Å². The van der Waals surface area contributed by atoms with Crippen molar-refractivity contribution in [2.45, 2.75) is 38.7 Å². The van der Waals surface area contributed by atoms with E-state index in [9.17, 15) is 83.5 Å². The van der Waals surface area contributed by atoms with Crippen molar-refractivity contribution in [3.8, 4) is 17.2 Å². The lowest BCUT2D eigenvalue weighted by Gasteiger charge is -2.11. The number of aromatic nitrogens is 3. The van der Waals surface area contributed by atoms with Gasteiger partial charge < -0.3 is 14.4 Å². The average Bonchev–Trinajstić information content (AvgIpc) is 3.86. The summed E-state index contributed by atoms with van der Waals surface area (Å²) in [5.74, 6) is -2.07. The van der Waals surface area contributed by atoms with E-state index in [-0.39, 0.29) is 67.5 Å². The molecule has 1 unspecified atom stereocenters. The Balaban J connectivity index is 1.22. The molecule has 7 N–H and O–H groups in total. The number of H-pyrrole nitrogens is 1. The van der Waals surface area contributed by atoms with Crippen molar-refractivity contribution in [2.24, 2.45) is 30.7 Å². The summed E-state index contributed by atoms with van der Waals surface area (Å²) in [5.41, 5.74) is -2.98. The molecule has 0 aliphatic heterocycles. The predicted molar refractivity (Wildman–Crippen MR) is 254 cm³/mol. The van der Waals surface area contributed by atoms with Crippen LogP contribution in [0.1, 0.15) is 17.5 Å². The van der Waals surface area contributed by atoms with Crippen molar-refractivity contribution >= 4 is 128 Å². The first-order chi connectivity index (χ1) is 33.9. The molecule has 29 nitrogen and oxygen atoms in total. The molecule has 0 spiro atoms. The lowest BCUT2D eigenvalue weighted by Crippen LogP contribution is -2.16. The van der Waals surface area contributed by atoms with Crippen LogP contribution < -0.4 is 10.3 Å². The van der Waals surface area contributed by atoms with E-state index in [1.807, 2.05) is 0 Å². The number of rotatable bonds is 18. The number of azo groups is 3. The highest BCUT2D eigenvalue weighted by Crippen LogP contribution is 2.43. The van der Waals surface area contributed by atoms with Crippen LogP contribution in [0.5, 0.6) is 11.5 Å². The van der Waals surface area contributed by atoms with Crippen LogP contribution >= 0.6 is 11.3 Å². The Kier molecular flexibility index (Phi) is 15.1. The number of hydrogen-bond donors (Lipinski definition) is 7. The molecule has 0 radical (unpaired) electrons. The number of phenols is 1. The van der Waals surface area contributed by atoms with E-state index in [1.165, 1.54) is 25.1 Å². The summed E-state index contributed by atoms with van der Waals surface area (Å²) >= 11 is -1.80. The molecule has 0 fully saturated rings. The molecular weight excluding hydrogens is 1110 g/mol. The number of ether oxygens (including phenoxy) is 1. The van der Waals surface area contributed by atoms with Crippen molar-refractivity contribution in [1.82, 2.24) is 14.8 Å². The number of aromatic hydroxyl groups is 1. The number of thiazole rings is 1. The molecule has 0 saturated heterocycles. The fraction of sp³-hybridized carbons (Fsp3) is 0.135. The smallest absolute Gasteiger partial charge is 0.298 e. The lowest BCUT2D eigenvalue weighted by atomic mass is 10.1. The van der Waals surface area contributed by atoms with Crippen LogP contribution in [0, 0.1) is 6.92 Å². The Hall–Kier alpha value is -6.68. The molecule has 386 valence electrons. The van der Waals surface area contributed by atoms with Gasteiger partial charge in [0.25, 0.3) is 56.1 Å². The third kappa shape index (κ3) is 12.8. The predicted octanol–water partition coefficient (Wildman–Crippen LogP) is 6.21. The van der Waals surface area contributed by atoms with Crippen molar-refractivity contribution in [3.63, 3.8) is 0 Å². The number of benzene rings is 5. The first kappa shape index (κ1) is 54.1. The Morgan fingerprint density at radius 3 is 1.93 bits per heavy atom. The molecule has 0 bridgehead atoms. The van der Waals surface area contributed by atoms with Gasteiger partial charge in [-0.1, -0.05) is 28.5 Å². The summed E-state index contributed by atoms with van der Waals surface area (Å²) in [4.78, 5) is 13.7. The molecule has 0 amide bonds. The first-order valence-electron chi connectivity index (χ1n) is 19.5. The van der Waals surface area contributed by atoms with Gasteiger partial charge in [-0.25, -0.2) is 9.67 Å². The molecule has 2 heterocycles. The summed E-state index contributed by atoms with van der Waals surface area (Å²) in [6.07, 6.45) is 0.661. The van der Waals surface area contributed by atoms with Crippen molar-refractivity contribution in [1.29, 1.82) is 0 Å². The normalized spacial score (nSPS) is 13.6. The number of aryl methyl sites for hydroxylation is 1. The van der Waals surface area contributed by atoms with Gasteiger partial charge in [0.05, 0.1) is 44.4 Å². The van der Waals surface area contributed by atoms with Crippen LogP contribution in [0.3, 0.4) is 0 Å². The quantitative estimate of drug-likeness (QED) is 0.0217.